The number of thiophene rings is 1. The Hall–Kier alpha value is -1.21. The highest BCUT2D eigenvalue weighted by Crippen LogP contribution is 2.25. The Morgan fingerprint density at radius 1 is 1.29 bits per heavy atom. The third-order valence-electron chi connectivity index (χ3n) is 3.71. The van der Waals surface area contributed by atoms with Crippen molar-refractivity contribution in [1.82, 2.24) is 10.0 Å². The van der Waals surface area contributed by atoms with Crippen molar-refractivity contribution in [1.29, 1.82) is 0 Å². The summed E-state index contributed by atoms with van der Waals surface area (Å²) in [6, 6.07) is 9.11. The van der Waals surface area contributed by atoms with Crippen LogP contribution >= 0.6 is 11.3 Å². The highest BCUT2D eigenvalue weighted by molar-refractivity contribution is 7.89. The summed E-state index contributed by atoms with van der Waals surface area (Å²) in [5.41, 5.74) is 2.25. The van der Waals surface area contributed by atoms with Crippen LogP contribution in [-0.2, 0) is 23.1 Å². The van der Waals surface area contributed by atoms with E-state index in [1.807, 2.05) is 30.5 Å². The summed E-state index contributed by atoms with van der Waals surface area (Å²) in [5.74, 6) is 0. The maximum Gasteiger partial charge on any atom is 0.241 e. The number of fused-ring (bicyclic) bond motifs is 1. The molecule has 0 spiro atoms. The maximum absolute atomic E-state index is 12.6. The van der Waals surface area contributed by atoms with Crippen LogP contribution in [0, 0.1) is 0 Å². The van der Waals surface area contributed by atoms with Gasteiger partial charge in [-0.3, -0.25) is 0 Å². The first-order valence-corrected chi connectivity index (χ1v) is 9.34. The van der Waals surface area contributed by atoms with Gasteiger partial charge in [0.05, 0.1) is 10.9 Å². The number of nitrogens with one attached hydrogen (secondary N) is 2. The van der Waals surface area contributed by atoms with Gasteiger partial charge in [-0.2, -0.15) is 0 Å². The highest BCUT2D eigenvalue weighted by atomic mass is 32.2. The summed E-state index contributed by atoms with van der Waals surface area (Å²) in [4.78, 5) is 1.39. The SMILES string of the molecule is CCC(NS(=O)(=O)c1ccc2c(c1)CNC2)c1cccs1. The molecule has 0 aliphatic carbocycles. The fourth-order valence-corrected chi connectivity index (χ4v) is 4.81. The van der Waals surface area contributed by atoms with Crippen LogP contribution in [0.2, 0.25) is 0 Å². The van der Waals surface area contributed by atoms with Crippen molar-refractivity contribution in [3.05, 3.63) is 51.7 Å². The predicted octanol–water partition coefficient (Wildman–Crippen LogP) is 2.78. The van der Waals surface area contributed by atoms with Crippen molar-refractivity contribution in [3.8, 4) is 0 Å². The molecule has 0 fully saturated rings. The Kier molecular flexibility index (Phi) is 4.12. The van der Waals surface area contributed by atoms with Gasteiger partial charge in [0.15, 0.2) is 0 Å². The topological polar surface area (TPSA) is 58.2 Å². The highest BCUT2D eigenvalue weighted by Gasteiger charge is 2.22. The minimum Gasteiger partial charge on any atom is -0.309 e. The average molecular weight is 322 g/mol. The van der Waals surface area contributed by atoms with Gasteiger partial charge in [-0.15, -0.1) is 11.3 Å². The lowest BCUT2D eigenvalue weighted by Crippen LogP contribution is -2.28. The van der Waals surface area contributed by atoms with Gasteiger partial charge in [0.25, 0.3) is 0 Å². The Morgan fingerprint density at radius 3 is 2.81 bits per heavy atom. The molecule has 4 nitrogen and oxygen atoms in total. The van der Waals surface area contributed by atoms with Crippen molar-refractivity contribution in [3.63, 3.8) is 0 Å². The van der Waals surface area contributed by atoms with E-state index in [9.17, 15) is 8.42 Å². The summed E-state index contributed by atoms with van der Waals surface area (Å²) >= 11 is 1.57. The van der Waals surface area contributed by atoms with E-state index in [0.717, 1.165) is 30.0 Å². The molecule has 3 rings (SSSR count). The van der Waals surface area contributed by atoms with Crippen LogP contribution in [0.15, 0.2) is 40.6 Å². The summed E-state index contributed by atoms with van der Waals surface area (Å²) in [6.45, 7) is 3.54. The molecular weight excluding hydrogens is 304 g/mol. The molecule has 1 atom stereocenters. The molecule has 0 saturated carbocycles. The lowest BCUT2D eigenvalue weighted by molar-refractivity contribution is 0.553. The maximum atomic E-state index is 12.6. The lowest BCUT2D eigenvalue weighted by Gasteiger charge is -2.16. The normalized spacial score (nSPS) is 15.9. The second-order valence-corrected chi connectivity index (χ2v) is 7.82. The Labute approximate surface area is 129 Å². The number of rotatable bonds is 5. The molecule has 112 valence electrons. The Bertz CT molecular complexity index is 724. The molecular formula is C15H18N2O2S2. The first-order valence-electron chi connectivity index (χ1n) is 6.98. The minimum atomic E-state index is -3.49. The quantitative estimate of drug-likeness (QED) is 0.890. The van der Waals surface area contributed by atoms with Crippen LogP contribution < -0.4 is 10.0 Å². The first-order chi connectivity index (χ1) is 10.1. The molecule has 2 heterocycles. The van der Waals surface area contributed by atoms with Crippen molar-refractivity contribution in [2.75, 3.05) is 0 Å². The van der Waals surface area contributed by atoms with E-state index in [0.29, 0.717) is 4.90 Å². The van der Waals surface area contributed by atoms with Gasteiger partial charge in [0, 0.05) is 18.0 Å². The second kappa shape index (κ2) is 5.88. The molecule has 1 unspecified atom stereocenters. The smallest absolute Gasteiger partial charge is 0.241 e. The van der Waals surface area contributed by atoms with Crippen LogP contribution in [-0.4, -0.2) is 8.42 Å². The van der Waals surface area contributed by atoms with Crippen molar-refractivity contribution in [2.45, 2.75) is 37.4 Å². The lowest BCUT2D eigenvalue weighted by atomic mass is 10.1. The van der Waals surface area contributed by atoms with Gasteiger partial charge < -0.3 is 5.32 Å². The number of hydrogen-bond acceptors (Lipinski definition) is 4. The summed E-state index contributed by atoms with van der Waals surface area (Å²) in [5, 5.41) is 5.19. The van der Waals surface area contributed by atoms with Crippen LogP contribution in [0.25, 0.3) is 0 Å². The standard InChI is InChI=1S/C15H18N2O2S2/c1-2-14(15-4-3-7-20-15)17-21(18,19)13-6-5-11-9-16-10-12(11)8-13/h3-8,14,16-17H,2,9-10H2,1H3. The average Bonchev–Trinajstić information content (AvgIpc) is 3.14. The largest absolute Gasteiger partial charge is 0.309 e. The van der Waals surface area contributed by atoms with E-state index >= 15 is 0 Å². The molecule has 0 bridgehead atoms. The van der Waals surface area contributed by atoms with Crippen LogP contribution in [0.5, 0.6) is 0 Å². The van der Waals surface area contributed by atoms with E-state index < -0.39 is 10.0 Å². The van der Waals surface area contributed by atoms with Gasteiger partial charge >= 0.3 is 0 Å². The van der Waals surface area contributed by atoms with E-state index in [-0.39, 0.29) is 6.04 Å². The molecule has 1 aliphatic rings. The van der Waals surface area contributed by atoms with Crippen molar-refractivity contribution < 1.29 is 8.42 Å². The van der Waals surface area contributed by atoms with Gasteiger partial charge in [-0.25, -0.2) is 13.1 Å². The van der Waals surface area contributed by atoms with Crippen LogP contribution in [0.1, 0.15) is 35.4 Å². The molecule has 0 amide bonds. The molecule has 0 radical (unpaired) electrons. The van der Waals surface area contributed by atoms with Crippen molar-refractivity contribution in [2.24, 2.45) is 0 Å². The third-order valence-corrected chi connectivity index (χ3v) is 6.17. The van der Waals surface area contributed by atoms with Gasteiger partial charge in [-0.1, -0.05) is 19.1 Å². The molecule has 2 aromatic rings. The van der Waals surface area contributed by atoms with E-state index in [4.69, 9.17) is 0 Å². The van der Waals surface area contributed by atoms with Crippen LogP contribution in [0.4, 0.5) is 0 Å². The molecule has 1 aliphatic heterocycles. The van der Waals surface area contributed by atoms with Gasteiger partial charge in [0.2, 0.25) is 10.0 Å². The van der Waals surface area contributed by atoms with E-state index in [1.54, 1.807) is 23.5 Å². The monoisotopic (exact) mass is 322 g/mol. The Morgan fingerprint density at radius 2 is 2.10 bits per heavy atom. The van der Waals surface area contributed by atoms with Crippen molar-refractivity contribution >= 4 is 21.4 Å². The third kappa shape index (κ3) is 3.03. The predicted molar refractivity (Wildman–Crippen MR) is 84.7 cm³/mol. The van der Waals surface area contributed by atoms with E-state index in [1.165, 1.54) is 5.56 Å². The molecule has 2 N–H and O–H groups in total. The minimum absolute atomic E-state index is 0.165. The molecule has 0 saturated heterocycles. The zero-order valence-electron chi connectivity index (χ0n) is 11.8. The number of sulfonamides is 1. The molecule has 1 aromatic carbocycles. The molecule has 1 aromatic heterocycles. The fraction of sp³-hybridized carbons (Fsp3) is 0.333. The second-order valence-electron chi connectivity index (χ2n) is 5.13. The first kappa shape index (κ1) is 14.7. The Balaban J connectivity index is 1.86. The van der Waals surface area contributed by atoms with Crippen LogP contribution in [0.3, 0.4) is 0 Å². The van der Waals surface area contributed by atoms with Gasteiger partial charge in [0.1, 0.15) is 0 Å². The molecule has 21 heavy (non-hydrogen) atoms. The van der Waals surface area contributed by atoms with E-state index in [2.05, 4.69) is 10.0 Å². The number of benzene rings is 1. The fourth-order valence-electron chi connectivity index (χ4n) is 2.53. The summed E-state index contributed by atoms with van der Waals surface area (Å²) in [6.07, 6.45) is 0.728. The van der Waals surface area contributed by atoms with Gasteiger partial charge in [-0.05, 0) is 41.1 Å². The zero-order chi connectivity index (χ0) is 14.9. The summed E-state index contributed by atoms with van der Waals surface area (Å²) < 4.78 is 28.0. The summed E-state index contributed by atoms with van der Waals surface area (Å²) in [7, 11) is -3.49. The molecule has 6 heteroatoms. The zero-order valence-corrected chi connectivity index (χ0v) is 13.4. The number of hydrogen-bond donors (Lipinski definition) is 2.